The lowest BCUT2D eigenvalue weighted by molar-refractivity contribution is 0.117. The molecule has 1 N–H and O–H groups in total. The second-order valence-corrected chi connectivity index (χ2v) is 10.6. The van der Waals surface area contributed by atoms with Gasteiger partial charge >= 0.3 is 8.80 Å². The van der Waals surface area contributed by atoms with E-state index in [4.69, 9.17) is 13.3 Å². The molecule has 0 aliphatic carbocycles. The third-order valence-corrected chi connectivity index (χ3v) is 8.37. The molecule has 0 aromatic rings. The maximum Gasteiger partial charge on any atom is 0.501 e. The molecule has 0 radical (unpaired) electrons. The summed E-state index contributed by atoms with van der Waals surface area (Å²) in [6.07, 6.45) is 6.00. The van der Waals surface area contributed by atoms with Crippen LogP contribution >= 0.6 is 0 Å². The summed E-state index contributed by atoms with van der Waals surface area (Å²) >= 11 is 0. The van der Waals surface area contributed by atoms with E-state index in [2.05, 4.69) is 42.8 Å². The van der Waals surface area contributed by atoms with Crippen LogP contribution in [0.5, 0.6) is 0 Å². The lowest BCUT2D eigenvalue weighted by Crippen LogP contribution is -2.46. The summed E-state index contributed by atoms with van der Waals surface area (Å²) in [5, 5.41) is 3.68. The molecule has 0 aliphatic rings. The van der Waals surface area contributed by atoms with Crippen LogP contribution in [-0.4, -0.2) is 91.8 Å². The highest BCUT2D eigenvalue weighted by atomic mass is 28.4. The van der Waals surface area contributed by atoms with Crippen LogP contribution in [0, 0.1) is 0 Å². The Bertz CT molecular complexity index is 335. The van der Waals surface area contributed by atoms with E-state index in [1.54, 1.807) is 21.3 Å². The van der Waals surface area contributed by atoms with Gasteiger partial charge in [-0.2, -0.15) is 0 Å². The fourth-order valence-corrected chi connectivity index (χ4v) is 5.34. The van der Waals surface area contributed by atoms with E-state index >= 15 is 0 Å². The molecule has 170 valence electrons. The van der Waals surface area contributed by atoms with Crippen molar-refractivity contribution in [2.24, 2.45) is 0 Å². The quantitative estimate of drug-likeness (QED) is 0.241. The van der Waals surface area contributed by atoms with Crippen molar-refractivity contribution in [1.29, 1.82) is 0 Å². The molecule has 0 atom stereocenters. The largest absolute Gasteiger partial charge is 0.501 e. The van der Waals surface area contributed by atoms with Crippen molar-refractivity contribution >= 4 is 8.80 Å². The number of hydrogen-bond acceptors (Lipinski definition) is 6. The molecule has 0 fully saturated rings. The standard InChI is InChI=1S/C21H49N3O3Si/c1-8-15-23(11-4)17-13-18-24(16-12-14-22-21(9-2)10-3)19-20-28(25-5,26-6)27-7/h21-22H,8-20H2,1-7H3. The smallest absolute Gasteiger partial charge is 0.377 e. The van der Waals surface area contributed by atoms with E-state index in [9.17, 15) is 0 Å². The van der Waals surface area contributed by atoms with Gasteiger partial charge < -0.3 is 28.4 Å². The molecule has 0 saturated heterocycles. The zero-order chi connectivity index (χ0) is 21.3. The predicted molar refractivity (Wildman–Crippen MR) is 122 cm³/mol. The molecule has 0 saturated carbocycles. The third kappa shape index (κ3) is 11.9. The van der Waals surface area contributed by atoms with Crippen LogP contribution in [0.15, 0.2) is 0 Å². The van der Waals surface area contributed by atoms with Gasteiger partial charge in [0.1, 0.15) is 0 Å². The molecule has 0 unspecified atom stereocenters. The van der Waals surface area contributed by atoms with Crippen molar-refractivity contribution in [3.63, 3.8) is 0 Å². The van der Waals surface area contributed by atoms with Crippen molar-refractivity contribution in [3.05, 3.63) is 0 Å². The molecular weight excluding hydrogens is 370 g/mol. The minimum absolute atomic E-state index is 0.649. The van der Waals surface area contributed by atoms with E-state index in [-0.39, 0.29) is 0 Å². The number of nitrogens with one attached hydrogen (secondary N) is 1. The van der Waals surface area contributed by atoms with Gasteiger partial charge in [0.15, 0.2) is 0 Å². The number of hydrogen-bond donors (Lipinski definition) is 1. The first-order valence-corrected chi connectivity index (χ1v) is 13.3. The average molecular weight is 420 g/mol. The van der Waals surface area contributed by atoms with Crippen molar-refractivity contribution in [2.75, 3.05) is 67.1 Å². The molecular formula is C21H49N3O3Si. The Morgan fingerprint density at radius 1 is 0.750 bits per heavy atom. The Hall–Kier alpha value is -0.0231. The van der Waals surface area contributed by atoms with Crippen molar-refractivity contribution in [3.8, 4) is 0 Å². The highest BCUT2D eigenvalue weighted by Gasteiger charge is 2.37. The van der Waals surface area contributed by atoms with Crippen molar-refractivity contribution in [1.82, 2.24) is 15.1 Å². The van der Waals surface area contributed by atoms with Gasteiger partial charge in [-0.15, -0.1) is 0 Å². The summed E-state index contributed by atoms with van der Waals surface area (Å²) in [5.41, 5.74) is 0. The van der Waals surface area contributed by atoms with Gasteiger partial charge in [-0.3, -0.25) is 0 Å². The monoisotopic (exact) mass is 419 g/mol. The maximum atomic E-state index is 5.61. The molecule has 0 aromatic heterocycles. The maximum absolute atomic E-state index is 5.61. The lowest BCUT2D eigenvalue weighted by Gasteiger charge is -2.29. The zero-order valence-corrected chi connectivity index (χ0v) is 20.9. The highest BCUT2D eigenvalue weighted by molar-refractivity contribution is 6.60. The predicted octanol–water partition coefficient (Wildman–Crippen LogP) is 3.46. The average Bonchev–Trinajstić information content (AvgIpc) is 2.73. The fraction of sp³-hybridized carbons (Fsp3) is 1.00. The zero-order valence-electron chi connectivity index (χ0n) is 19.9. The normalized spacial score (nSPS) is 12.6. The summed E-state index contributed by atoms with van der Waals surface area (Å²) in [6, 6.07) is 1.49. The summed E-state index contributed by atoms with van der Waals surface area (Å²) in [4.78, 5) is 5.11. The van der Waals surface area contributed by atoms with Crippen LogP contribution in [0.1, 0.15) is 59.8 Å². The minimum atomic E-state index is -2.51. The van der Waals surface area contributed by atoms with E-state index in [1.807, 2.05) is 0 Å². The molecule has 6 nitrogen and oxygen atoms in total. The summed E-state index contributed by atoms with van der Waals surface area (Å²) in [5.74, 6) is 0. The minimum Gasteiger partial charge on any atom is -0.377 e. The summed E-state index contributed by atoms with van der Waals surface area (Å²) in [6.45, 7) is 16.8. The SMILES string of the molecule is CCCN(CC)CCCN(CCCNC(CC)CC)CC[Si](OC)(OC)OC. The molecule has 0 spiro atoms. The van der Waals surface area contributed by atoms with Crippen LogP contribution in [0.3, 0.4) is 0 Å². The Labute approximate surface area is 176 Å². The fourth-order valence-electron chi connectivity index (χ4n) is 3.64. The van der Waals surface area contributed by atoms with Crippen LogP contribution in [0.4, 0.5) is 0 Å². The number of nitrogens with zero attached hydrogens (tertiary/aromatic N) is 2. The molecule has 28 heavy (non-hydrogen) atoms. The van der Waals surface area contributed by atoms with E-state index in [0.29, 0.717) is 6.04 Å². The topological polar surface area (TPSA) is 46.2 Å². The first-order chi connectivity index (χ1) is 13.5. The van der Waals surface area contributed by atoms with Gasteiger partial charge in [0.05, 0.1) is 0 Å². The third-order valence-electron chi connectivity index (χ3n) is 5.67. The number of rotatable bonds is 20. The van der Waals surface area contributed by atoms with E-state index in [1.165, 1.54) is 45.2 Å². The molecule has 0 heterocycles. The van der Waals surface area contributed by atoms with Gasteiger partial charge in [-0.1, -0.05) is 27.7 Å². The first kappa shape index (κ1) is 28.0. The summed E-state index contributed by atoms with van der Waals surface area (Å²) in [7, 11) is 2.60. The van der Waals surface area contributed by atoms with Gasteiger partial charge in [0.2, 0.25) is 0 Å². The molecule has 0 aliphatic heterocycles. The Balaban J connectivity index is 4.55. The van der Waals surface area contributed by atoms with Gasteiger partial charge in [-0.05, 0) is 71.4 Å². The molecule has 0 bridgehead atoms. The van der Waals surface area contributed by atoms with Crippen LogP contribution < -0.4 is 5.32 Å². The Morgan fingerprint density at radius 2 is 1.32 bits per heavy atom. The van der Waals surface area contributed by atoms with Gasteiger partial charge in [-0.25, -0.2) is 0 Å². The molecule has 0 rings (SSSR count). The lowest BCUT2D eigenvalue weighted by atomic mass is 10.2. The Kier molecular flexibility index (Phi) is 17.8. The van der Waals surface area contributed by atoms with E-state index in [0.717, 1.165) is 38.8 Å². The highest BCUT2D eigenvalue weighted by Crippen LogP contribution is 2.14. The molecule has 0 aromatic carbocycles. The van der Waals surface area contributed by atoms with Gasteiger partial charge in [0, 0.05) is 40.0 Å². The van der Waals surface area contributed by atoms with Crippen LogP contribution in [0.25, 0.3) is 0 Å². The van der Waals surface area contributed by atoms with Crippen LogP contribution in [0.2, 0.25) is 6.04 Å². The van der Waals surface area contributed by atoms with Crippen LogP contribution in [-0.2, 0) is 13.3 Å². The molecule has 0 amide bonds. The molecule has 7 heteroatoms. The van der Waals surface area contributed by atoms with Crippen molar-refractivity contribution < 1.29 is 13.3 Å². The van der Waals surface area contributed by atoms with Gasteiger partial charge in [0.25, 0.3) is 0 Å². The van der Waals surface area contributed by atoms with E-state index < -0.39 is 8.80 Å². The first-order valence-electron chi connectivity index (χ1n) is 11.4. The Morgan fingerprint density at radius 3 is 1.82 bits per heavy atom. The van der Waals surface area contributed by atoms with Crippen molar-refractivity contribution in [2.45, 2.75) is 71.9 Å². The summed E-state index contributed by atoms with van der Waals surface area (Å²) < 4.78 is 16.8. The second kappa shape index (κ2) is 17.8. The second-order valence-electron chi connectivity index (χ2n) is 7.50.